The van der Waals surface area contributed by atoms with Crippen molar-refractivity contribution in [2.45, 2.75) is 19.5 Å². The van der Waals surface area contributed by atoms with Crippen LogP contribution in [-0.2, 0) is 6.54 Å². The van der Waals surface area contributed by atoms with Gasteiger partial charge in [0.15, 0.2) is 0 Å². The summed E-state index contributed by atoms with van der Waals surface area (Å²) in [5.74, 6) is -0.398. The summed E-state index contributed by atoms with van der Waals surface area (Å²) in [6, 6.07) is 11.5. The molecule has 4 heteroatoms. The minimum absolute atomic E-state index is 0.249. The first kappa shape index (κ1) is 13.2. The Morgan fingerprint density at radius 2 is 1.84 bits per heavy atom. The topological polar surface area (TPSA) is 68.0 Å². The Labute approximate surface area is 112 Å². The number of nitrogens with one attached hydrogen (secondary N) is 1. The predicted octanol–water partition coefficient (Wildman–Crippen LogP) is 2.03. The number of aromatic nitrogens is 1. The Kier molecular flexibility index (Phi) is 4.26. The van der Waals surface area contributed by atoms with Gasteiger partial charge >= 0.3 is 0 Å². The van der Waals surface area contributed by atoms with Crippen LogP contribution in [0.15, 0.2) is 48.8 Å². The van der Waals surface area contributed by atoms with Crippen molar-refractivity contribution >= 4 is 5.91 Å². The van der Waals surface area contributed by atoms with Crippen LogP contribution in [0.2, 0.25) is 0 Å². The Morgan fingerprint density at radius 1 is 1.21 bits per heavy atom. The first-order valence-electron chi connectivity index (χ1n) is 6.19. The van der Waals surface area contributed by atoms with Gasteiger partial charge in [-0.05, 0) is 42.3 Å². The fourth-order valence-corrected chi connectivity index (χ4v) is 1.83. The van der Waals surface area contributed by atoms with Crippen LogP contribution in [0, 0.1) is 0 Å². The lowest BCUT2D eigenvalue weighted by molar-refractivity contribution is 0.100. The molecule has 0 saturated heterocycles. The van der Waals surface area contributed by atoms with Gasteiger partial charge in [0.1, 0.15) is 0 Å². The molecule has 0 bridgehead atoms. The molecule has 0 radical (unpaired) electrons. The van der Waals surface area contributed by atoms with Crippen molar-refractivity contribution in [1.82, 2.24) is 10.3 Å². The van der Waals surface area contributed by atoms with E-state index >= 15 is 0 Å². The molecular weight excluding hydrogens is 238 g/mol. The van der Waals surface area contributed by atoms with Gasteiger partial charge in [-0.15, -0.1) is 0 Å². The van der Waals surface area contributed by atoms with E-state index in [2.05, 4.69) is 17.2 Å². The highest BCUT2D eigenvalue weighted by molar-refractivity contribution is 5.92. The third kappa shape index (κ3) is 3.63. The van der Waals surface area contributed by atoms with Crippen LogP contribution in [-0.4, -0.2) is 10.9 Å². The predicted molar refractivity (Wildman–Crippen MR) is 74.5 cm³/mol. The van der Waals surface area contributed by atoms with Gasteiger partial charge in [0, 0.05) is 30.5 Å². The molecule has 1 aromatic carbocycles. The molecule has 0 unspecified atom stereocenters. The summed E-state index contributed by atoms with van der Waals surface area (Å²) in [6.07, 6.45) is 3.57. The number of hydrogen-bond acceptors (Lipinski definition) is 3. The summed E-state index contributed by atoms with van der Waals surface area (Å²) in [5.41, 5.74) is 8.05. The van der Waals surface area contributed by atoms with E-state index in [0.717, 1.165) is 12.1 Å². The normalized spacial score (nSPS) is 12.1. The number of hydrogen-bond donors (Lipinski definition) is 2. The molecule has 4 nitrogen and oxygen atoms in total. The molecule has 2 aromatic rings. The van der Waals surface area contributed by atoms with E-state index in [4.69, 9.17) is 5.73 Å². The lowest BCUT2D eigenvalue weighted by atomic mass is 10.1. The average molecular weight is 255 g/mol. The Morgan fingerprint density at radius 3 is 2.42 bits per heavy atom. The second-order valence-electron chi connectivity index (χ2n) is 4.44. The number of primary amides is 1. The maximum atomic E-state index is 11.0. The Bertz CT molecular complexity index is 537. The number of benzene rings is 1. The minimum Gasteiger partial charge on any atom is -0.366 e. The first-order valence-corrected chi connectivity index (χ1v) is 6.19. The van der Waals surface area contributed by atoms with Gasteiger partial charge in [0.2, 0.25) is 5.91 Å². The van der Waals surface area contributed by atoms with E-state index < -0.39 is 5.91 Å². The van der Waals surface area contributed by atoms with E-state index in [0.29, 0.717) is 5.56 Å². The highest BCUT2D eigenvalue weighted by Gasteiger charge is 2.04. The summed E-state index contributed by atoms with van der Waals surface area (Å²) in [6.45, 7) is 2.84. The summed E-state index contributed by atoms with van der Waals surface area (Å²) in [7, 11) is 0. The molecule has 3 N–H and O–H groups in total. The SMILES string of the molecule is C[C@H](NCc1ccc(C(N)=O)cc1)c1ccncc1. The first-order chi connectivity index (χ1) is 9.16. The molecule has 0 aliphatic heterocycles. The number of carbonyl (C=O) groups excluding carboxylic acids is 1. The fraction of sp³-hybridized carbons (Fsp3) is 0.200. The van der Waals surface area contributed by atoms with Crippen LogP contribution in [0.25, 0.3) is 0 Å². The summed E-state index contributed by atoms with van der Waals surface area (Å²) < 4.78 is 0. The second kappa shape index (κ2) is 6.11. The number of rotatable bonds is 5. The maximum absolute atomic E-state index is 11.0. The minimum atomic E-state index is -0.398. The van der Waals surface area contributed by atoms with Crippen molar-refractivity contribution in [2.75, 3.05) is 0 Å². The molecule has 1 atom stereocenters. The Balaban J connectivity index is 1.93. The molecule has 0 aliphatic rings. The zero-order valence-corrected chi connectivity index (χ0v) is 10.8. The molecule has 19 heavy (non-hydrogen) atoms. The highest BCUT2D eigenvalue weighted by Crippen LogP contribution is 2.11. The molecule has 98 valence electrons. The number of amides is 1. The molecule has 1 amide bonds. The van der Waals surface area contributed by atoms with E-state index in [-0.39, 0.29) is 6.04 Å². The van der Waals surface area contributed by atoms with Gasteiger partial charge in [-0.25, -0.2) is 0 Å². The number of carbonyl (C=O) groups is 1. The molecule has 0 fully saturated rings. The van der Waals surface area contributed by atoms with Crippen molar-refractivity contribution in [3.63, 3.8) is 0 Å². The number of pyridine rings is 1. The highest BCUT2D eigenvalue weighted by atomic mass is 16.1. The largest absolute Gasteiger partial charge is 0.366 e. The van der Waals surface area contributed by atoms with Crippen molar-refractivity contribution in [3.05, 3.63) is 65.5 Å². The van der Waals surface area contributed by atoms with Crippen LogP contribution in [0.3, 0.4) is 0 Å². The van der Waals surface area contributed by atoms with Gasteiger partial charge in [0.05, 0.1) is 0 Å². The summed E-state index contributed by atoms with van der Waals surface area (Å²) in [4.78, 5) is 15.0. The summed E-state index contributed by atoms with van der Waals surface area (Å²) >= 11 is 0. The van der Waals surface area contributed by atoms with Crippen molar-refractivity contribution in [1.29, 1.82) is 0 Å². The smallest absolute Gasteiger partial charge is 0.248 e. The van der Waals surface area contributed by atoms with Gasteiger partial charge in [-0.1, -0.05) is 12.1 Å². The van der Waals surface area contributed by atoms with Crippen molar-refractivity contribution in [2.24, 2.45) is 5.73 Å². The standard InChI is InChI=1S/C15H17N3O/c1-11(13-6-8-17-9-7-13)18-10-12-2-4-14(5-3-12)15(16)19/h2-9,11,18H,10H2,1H3,(H2,16,19)/t11-/m0/s1. The Hall–Kier alpha value is -2.20. The molecule has 2 rings (SSSR count). The van der Waals surface area contributed by atoms with Crippen LogP contribution in [0.4, 0.5) is 0 Å². The van der Waals surface area contributed by atoms with E-state index in [1.165, 1.54) is 5.56 Å². The van der Waals surface area contributed by atoms with Gasteiger partial charge < -0.3 is 11.1 Å². The van der Waals surface area contributed by atoms with Crippen molar-refractivity contribution in [3.8, 4) is 0 Å². The fourth-order valence-electron chi connectivity index (χ4n) is 1.83. The second-order valence-corrected chi connectivity index (χ2v) is 4.44. The van der Waals surface area contributed by atoms with E-state index in [1.807, 2.05) is 24.3 Å². The van der Waals surface area contributed by atoms with Crippen molar-refractivity contribution < 1.29 is 4.79 Å². The lowest BCUT2D eigenvalue weighted by Gasteiger charge is -2.14. The zero-order valence-electron chi connectivity index (χ0n) is 10.8. The third-order valence-electron chi connectivity index (χ3n) is 3.06. The van der Waals surface area contributed by atoms with E-state index in [9.17, 15) is 4.79 Å². The number of nitrogens with two attached hydrogens (primary N) is 1. The maximum Gasteiger partial charge on any atom is 0.248 e. The monoisotopic (exact) mass is 255 g/mol. The van der Waals surface area contributed by atoms with Gasteiger partial charge in [-0.3, -0.25) is 9.78 Å². The molecule has 1 heterocycles. The molecular formula is C15H17N3O. The molecule has 0 saturated carbocycles. The summed E-state index contributed by atoms with van der Waals surface area (Å²) in [5, 5.41) is 3.42. The van der Waals surface area contributed by atoms with Crippen LogP contribution < -0.4 is 11.1 Å². The quantitative estimate of drug-likeness (QED) is 0.859. The number of nitrogens with zero attached hydrogens (tertiary/aromatic N) is 1. The van der Waals surface area contributed by atoms with Crippen LogP contribution >= 0.6 is 0 Å². The van der Waals surface area contributed by atoms with Gasteiger partial charge in [-0.2, -0.15) is 0 Å². The molecule has 0 aliphatic carbocycles. The lowest BCUT2D eigenvalue weighted by Crippen LogP contribution is -2.18. The average Bonchev–Trinajstić information content (AvgIpc) is 2.46. The molecule has 1 aromatic heterocycles. The molecule has 0 spiro atoms. The van der Waals surface area contributed by atoms with Crippen LogP contribution in [0.5, 0.6) is 0 Å². The van der Waals surface area contributed by atoms with E-state index in [1.54, 1.807) is 24.5 Å². The zero-order chi connectivity index (χ0) is 13.7. The van der Waals surface area contributed by atoms with Crippen LogP contribution in [0.1, 0.15) is 34.5 Å². The third-order valence-corrected chi connectivity index (χ3v) is 3.06. The van der Waals surface area contributed by atoms with Gasteiger partial charge in [0.25, 0.3) is 0 Å².